The van der Waals surface area contributed by atoms with Gasteiger partial charge in [-0.05, 0) is 110 Å². The minimum atomic E-state index is -1.54. The fourth-order valence-electron chi connectivity index (χ4n) is 9.79. The van der Waals surface area contributed by atoms with E-state index in [0.29, 0.717) is 53.2 Å². The largest absolute Gasteiger partial charge is 0.507 e. The van der Waals surface area contributed by atoms with Crippen molar-refractivity contribution in [2.75, 3.05) is 65.4 Å². The zero-order valence-corrected chi connectivity index (χ0v) is 53.9. The molecular formula is C59H85CuIN10O21. The predicted octanol–water partition coefficient (Wildman–Crippen LogP) is 0.625. The molecule has 6 atom stereocenters. The van der Waals surface area contributed by atoms with E-state index < -0.39 is 121 Å². The summed E-state index contributed by atoms with van der Waals surface area (Å²) < 4.78 is 0.424. The van der Waals surface area contributed by atoms with Gasteiger partial charge in [0, 0.05) is 108 Å². The number of unbranched alkanes of at least 4 members (excludes halogenated alkanes) is 5. The number of rotatable bonds is 43. The quantitative estimate of drug-likeness (QED) is 0.0246. The summed E-state index contributed by atoms with van der Waals surface area (Å²) in [5.41, 5.74) is 1.08. The van der Waals surface area contributed by atoms with Gasteiger partial charge in [0.15, 0.2) is 0 Å². The third-order valence-corrected chi connectivity index (χ3v) is 15.6. The molecule has 1 saturated heterocycles. The second kappa shape index (κ2) is 43.9. The van der Waals surface area contributed by atoms with Gasteiger partial charge in [-0.3, -0.25) is 57.9 Å². The van der Waals surface area contributed by atoms with E-state index in [4.69, 9.17) is 5.11 Å². The van der Waals surface area contributed by atoms with Crippen LogP contribution in [0.15, 0.2) is 48.5 Å². The molecule has 2 aromatic carbocycles. The van der Waals surface area contributed by atoms with Gasteiger partial charge in [0.05, 0.1) is 16.7 Å². The summed E-state index contributed by atoms with van der Waals surface area (Å²) in [6.07, 6.45) is 2.09. The molecule has 1 fully saturated rings. The Hall–Kier alpha value is -7.72. The van der Waals surface area contributed by atoms with E-state index in [2.05, 4.69) is 37.2 Å². The molecule has 3 rings (SSSR count). The number of aromatic hydroxyl groups is 1. The molecule has 1 radical (unpaired) electrons. The Labute approximate surface area is 555 Å². The Morgan fingerprint density at radius 1 is 0.435 bits per heavy atom. The maximum Gasteiger partial charge on any atom is 0.326 e. The minimum Gasteiger partial charge on any atom is -0.507 e. The average Bonchev–Trinajstić information content (AvgIpc) is 1.10. The van der Waals surface area contributed by atoms with Crippen molar-refractivity contribution in [3.05, 3.63) is 63.2 Å². The molecule has 2 aromatic rings. The van der Waals surface area contributed by atoms with Crippen molar-refractivity contribution in [1.29, 1.82) is 0 Å². The van der Waals surface area contributed by atoms with Gasteiger partial charge in [0.25, 0.3) is 0 Å². The summed E-state index contributed by atoms with van der Waals surface area (Å²) in [5.74, 6) is -12.0. The third-order valence-electron chi connectivity index (χ3n) is 14.8. The molecule has 0 aromatic heterocycles. The normalized spacial score (nSPS) is 14.8. The summed E-state index contributed by atoms with van der Waals surface area (Å²) in [4.78, 5) is 166. The first-order valence-electron chi connectivity index (χ1n) is 30.0. The average molecular weight is 1460 g/mol. The Morgan fingerprint density at radius 2 is 0.891 bits per heavy atom. The van der Waals surface area contributed by atoms with Crippen molar-refractivity contribution in [3.8, 4) is 5.75 Å². The molecule has 0 aliphatic carbocycles. The van der Waals surface area contributed by atoms with Crippen LogP contribution in [0.25, 0.3) is 0 Å². The molecule has 1 aliphatic heterocycles. The number of carboxylic acid groups (broad SMARTS) is 7. The van der Waals surface area contributed by atoms with Crippen molar-refractivity contribution in [1.82, 2.24) is 51.9 Å². The van der Waals surface area contributed by atoms with Crippen LogP contribution in [0.4, 0.5) is 4.79 Å². The fraction of sp³-hybridized carbons (Fsp3) is 0.576. The van der Waals surface area contributed by atoms with E-state index in [9.17, 15) is 98.1 Å². The van der Waals surface area contributed by atoms with Crippen molar-refractivity contribution < 1.29 is 120 Å². The molecule has 15 N–H and O–H groups in total. The molecule has 0 saturated carbocycles. The van der Waals surface area contributed by atoms with Crippen molar-refractivity contribution in [2.24, 2.45) is 0 Å². The molecule has 31 nitrogen and oxygen atoms in total. The van der Waals surface area contributed by atoms with E-state index >= 15 is 0 Å². The number of amides is 7. The number of carbonyl (C=O) groups excluding carboxylic acids is 6. The molecule has 7 amide bonds. The maximum atomic E-state index is 14.4. The minimum absolute atomic E-state index is 0. The van der Waals surface area contributed by atoms with E-state index in [1.165, 1.54) is 12.1 Å². The van der Waals surface area contributed by atoms with Gasteiger partial charge in [-0.15, -0.1) is 0 Å². The molecule has 33 heteroatoms. The maximum absolute atomic E-state index is 14.4. The summed E-state index contributed by atoms with van der Waals surface area (Å²) in [6.45, 7) is 0.560. The van der Waals surface area contributed by atoms with Gasteiger partial charge in [-0.1, -0.05) is 49.2 Å². The smallest absolute Gasteiger partial charge is 0.326 e. The number of nitrogens with one attached hydrogen (secondary N) is 7. The monoisotopic (exact) mass is 1460 g/mol. The van der Waals surface area contributed by atoms with Gasteiger partial charge in [0.2, 0.25) is 29.5 Å². The first-order valence-corrected chi connectivity index (χ1v) is 31.1. The number of hydrogen-bond acceptors (Lipinski definition) is 17. The van der Waals surface area contributed by atoms with Crippen LogP contribution in [0.2, 0.25) is 0 Å². The molecule has 0 spiro atoms. The number of phenolic OH excluding ortho intramolecular Hbond substituents is 1. The Balaban J connectivity index is 0.0000288. The zero-order chi connectivity index (χ0) is 67.4. The van der Waals surface area contributed by atoms with Gasteiger partial charge < -0.3 is 78.1 Å². The molecule has 4 unspecified atom stereocenters. The Bertz CT molecular complexity index is 2760. The Morgan fingerprint density at radius 3 is 1.36 bits per heavy atom. The van der Waals surface area contributed by atoms with E-state index in [1.807, 2.05) is 22.6 Å². The first kappa shape index (κ1) is 80.4. The van der Waals surface area contributed by atoms with Gasteiger partial charge in [-0.25, -0.2) is 19.2 Å². The molecule has 515 valence electrons. The summed E-state index contributed by atoms with van der Waals surface area (Å²) in [5, 5.41) is 94.9. The summed E-state index contributed by atoms with van der Waals surface area (Å²) in [6, 6.07) is 3.57. The van der Waals surface area contributed by atoms with Gasteiger partial charge in [0.1, 0.15) is 42.0 Å². The van der Waals surface area contributed by atoms with Gasteiger partial charge in [-0.2, -0.15) is 0 Å². The van der Waals surface area contributed by atoms with Crippen molar-refractivity contribution >= 4 is 99.9 Å². The molecular weight excluding hydrogens is 1370 g/mol. The van der Waals surface area contributed by atoms with E-state index in [-0.39, 0.29) is 158 Å². The number of phenols is 1. The van der Waals surface area contributed by atoms with Crippen LogP contribution in [0.3, 0.4) is 0 Å². The third kappa shape index (κ3) is 33.6. The van der Waals surface area contributed by atoms with Crippen LogP contribution in [0, 0.1) is 3.57 Å². The van der Waals surface area contributed by atoms with Crippen LogP contribution in [-0.2, 0) is 87.4 Å². The second-order valence-corrected chi connectivity index (χ2v) is 23.1. The van der Waals surface area contributed by atoms with Crippen molar-refractivity contribution in [3.63, 3.8) is 0 Å². The van der Waals surface area contributed by atoms with E-state index in [0.717, 1.165) is 0 Å². The van der Waals surface area contributed by atoms with E-state index in [1.54, 1.807) is 51.1 Å². The van der Waals surface area contributed by atoms with Crippen LogP contribution in [0.5, 0.6) is 5.75 Å². The molecule has 0 bridgehead atoms. The van der Waals surface area contributed by atoms with Crippen LogP contribution in [-0.4, -0.2) is 235 Å². The number of hydrogen-bond donors (Lipinski definition) is 15. The summed E-state index contributed by atoms with van der Waals surface area (Å²) >= 11 is 1.88. The van der Waals surface area contributed by atoms with Crippen molar-refractivity contribution in [2.45, 2.75) is 152 Å². The SMILES string of the molecule is O=C(O)CC[C@H](NC(=O)NC(CCCCNC(=O)CCCCCCC(=O)NCCCC[C@@H](NC(=O)C(Cc1ccccc1)NC(=O)C(Cc1ccc(O)c(I)c1)NC(=O)CCC(C(=O)O)N1CCN(CC(=O)O)CCN(CC(=O)O)CC1)C(=O)O)C(=O)O)C(=O)O.[61Cu]. The predicted molar refractivity (Wildman–Crippen MR) is 331 cm³/mol. The molecule has 92 heavy (non-hydrogen) atoms. The first-order chi connectivity index (χ1) is 43.2. The number of benzene rings is 2. The molecule has 1 heterocycles. The van der Waals surface area contributed by atoms with Crippen LogP contribution >= 0.6 is 22.6 Å². The summed E-state index contributed by atoms with van der Waals surface area (Å²) in [7, 11) is 0. The van der Waals surface area contributed by atoms with Crippen LogP contribution in [0.1, 0.15) is 114 Å². The Kier molecular flexibility index (Phi) is 38.4. The number of carboxylic acids is 7. The number of aliphatic carboxylic acids is 7. The van der Waals surface area contributed by atoms with Gasteiger partial charge >= 0.3 is 47.8 Å². The standard InChI is InChI=1S/C59H85IN10O21.Cu/c60-39-32-38(18-21-46(39)71)34-43(63-49(74)22-20-45(58(89)90)70-30-28-68(35-51(77)78)26-27-69(29-31-70)36-52(79)80)53(81)65-44(33-37-12-4-3-5-13-37)54(82)64-40(55(83)84)14-8-10-24-61-47(72)16-6-1-2-7-17-48(73)62-25-11-9-15-41(56(85)86)66-59(91)67-42(57(87)88)19-23-50(75)76;/h3-5,12-13,18,21,32,40-45,71H,1-2,6-11,14-17,19-20,22-31,33-36H2,(H,61,72)(H,62,73)(H,63,74)(H,64,82)(H,65,81)(H,75,76)(H,77,78)(H,79,80)(H,83,84)(H,85,86)(H,87,88)(H,89,90)(H2,66,67,91);/t40-,41?,42+,43?,44?,45?;/m1./s1/i;1-3. The number of urea groups is 1. The topological polar surface area (TPSA) is 478 Å². The second-order valence-electron chi connectivity index (χ2n) is 22.0. The number of halogens is 1. The fourth-order valence-corrected chi connectivity index (χ4v) is 10.4. The zero-order valence-electron chi connectivity index (χ0n) is 50.8. The number of carbonyl (C=O) groups is 13. The molecule has 1 aliphatic rings. The number of nitrogens with zero attached hydrogens (tertiary/aromatic N) is 3. The van der Waals surface area contributed by atoms with Crippen LogP contribution < -0.4 is 37.2 Å².